The molecule has 16 heavy (non-hydrogen) atoms. The van der Waals surface area contributed by atoms with Gasteiger partial charge in [-0.25, -0.2) is 0 Å². The molecule has 2 heterocycles. The third-order valence-electron chi connectivity index (χ3n) is 3.79. The molecule has 0 bridgehead atoms. The molecule has 0 radical (unpaired) electrons. The number of likely N-dealkylation sites (tertiary alicyclic amines) is 2. The number of nitrogens with one attached hydrogen (secondary N) is 1. The minimum absolute atomic E-state index is 0.159. The van der Waals surface area contributed by atoms with Gasteiger partial charge in [0.15, 0.2) is 0 Å². The third kappa shape index (κ3) is 2.38. The Hall–Kier alpha value is -0.610. The van der Waals surface area contributed by atoms with E-state index in [0.29, 0.717) is 11.9 Å². The maximum atomic E-state index is 11.9. The van der Waals surface area contributed by atoms with Gasteiger partial charge in [-0.05, 0) is 32.4 Å². The normalized spacial score (nSPS) is 32.4. The van der Waals surface area contributed by atoms with Gasteiger partial charge in [-0.15, -0.1) is 0 Å². The fraction of sp³-hybridized carbons (Fsp3) is 0.917. The van der Waals surface area contributed by atoms with Crippen LogP contribution in [0, 0.1) is 0 Å². The van der Waals surface area contributed by atoms with Gasteiger partial charge >= 0.3 is 0 Å². The average Bonchev–Trinajstić information content (AvgIpc) is 2.61. The van der Waals surface area contributed by atoms with Crippen molar-refractivity contribution in [3.05, 3.63) is 0 Å². The van der Waals surface area contributed by atoms with Crippen molar-refractivity contribution in [2.75, 3.05) is 33.2 Å². The minimum atomic E-state index is 0.159. The van der Waals surface area contributed by atoms with E-state index in [1.807, 2.05) is 11.9 Å². The molecule has 2 aliphatic heterocycles. The Morgan fingerprint density at radius 3 is 2.81 bits per heavy atom. The second kappa shape index (κ2) is 5.15. The lowest BCUT2D eigenvalue weighted by atomic mass is 10.0. The SMILES string of the molecule is CCNC1CCCN(C2CCN(C)C2=O)C1. The lowest BCUT2D eigenvalue weighted by Gasteiger charge is -2.36. The molecule has 0 aromatic heterocycles. The van der Waals surface area contributed by atoms with E-state index in [1.54, 1.807) is 0 Å². The largest absolute Gasteiger partial charge is 0.344 e. The van der Waals surface area contributed by atoms with Crippen LogP contribution in [0.3, 0.4) is 0 Å². The third-order valence-corrected chi connectivity index (χ3v) is 3.79. The van der Waals surface area contributed by atoms with Gasteiger partial charge in [0.2, 0.25) is 5.91 Å². The summed E-state index contributed by atoms with van der Waals surface area (Å²) < 4.78 is 0. The molecule has 4 heteroatoms. The summed E-state index contributed by atoms with van der Waals surface area (Å²) in [4.78, 5) is 16.2. The van der Waals surface area contributed by atoms with Crippen LogP contribution >= 0.6 is 0 Å². The summed E-state index contributed by atoms with van der Waals surface area (Å²) in [5.74, 6) is 0.317. The number of nitrogens with zero attached hydrogens (tertiary/aromatic N) is 2. The molecular weight excluding hydrogens is 202 g/mol. The van der Waals surface area contributed by atoms with E-state index in [1.165, 1.54) is 12.8 Å². The van der Waals surface area contributed by atoms with Crippen LogP contribution in [0.2, 0.25) is 0 Å². The summed E-state index contributed by atoms with van der Waals surface area (Å²) >= 11 is 0. The molecule has 1 amide bonds. The molecular formula is C12H23N3O. The van der Waals surface area contributed by atoms with Crippen molar-refractivity contribution < 1.29 is 4.79 Å². The zero-order valence-corrected chi connectivity index (χ0v) is 10.4. The summed E-state index contributed by atoms with van der Waals surface area (Å²) in [5.41, 5.74) is 0. The lowest BCUT2D eigenvalue weighted by Crippen LogP contribution is -2.51. The summed E-state index contributed by atoms with van der Waals surface area (Å²) in [7, 11) is 1.91. The average molecular weight is 225 g/mol. The van der Waals surface area contributed by atoms with Crippen LogP contribution in [0.1, 0.15) is 26.2 Å². The van der Waals surface area contributed by atoms with Crippen LogP contribution in [0.4, 0.5) is 0 Å². The quantitative estimate of drug-likeness (QED) is 0.750. The van der Waals surface area contributed by atoms with E-state index in [-0.39, 0.29) is 6.04 Å². The monoisotopic (exact) mass is 225 g/mol. The first-order valence-corrected chi connectivity index (χ1v) is 6.44. The van der Waals surface area contributed by atoms with E-state index < -0.39 is 0 Å². The number of likely N-dealkylation sites (N-methyl/N-ethyl adjacent to an activating group) is 2. The van der Waals surface area contributed by atoms with Crippen molar-refractivity contribution in [1.29, 1.82) is 0 Å². The molecule has 0 spiro atoms. The zero-order chi connectivity index (χ0) is 11.5. The lowest BCUT2D eigenvalue weighted by molar-refractivity contribution is -0.131. The van der Waals surface area contributed by atoms with Crippen molar-refractivity contribution in [3.8, 4) is 0 Å². The maximum absolute atomic E-state index is 11.9. The molecule has 2 rings (SSSR count). The number of hydrogen-bond acceptors (Lipinski definition) is 3. The smallest absolute Gasteiger partial charge is 0.239 e. The van der Waals surface area contributed by atoms with Gasteiger partial charge in [0.05, 0.1) is 6.04 Å². The summed E-state index contributed by atoms with van der Waals surface area (Å²) in [6, 6.07) is 0.740. The van der Waals surface area contributed by atoms with Gasteiger partial charge in [0.25, 0.3) is 0 Å². The highest BCUT2D eigenvalue weighted by Crippen LogP contribution is 2.20. The highest BCUT2D eigenvalue weighted by molar-refractivity contribution is 5.83. The van der Waals surface area contributed by atoms with Crippen molar-refractivity contribution in [2.45, 2.75) is 38.3 Å². The van der Waals surface area contributed by atoms with Gasteiger partial charge in [-0.1, -0.05) is 6.92 Å². The topological polar surface area (TPSA) is 35.6 Å². The first-order chi connectivity index (χ1) is 7.72. The minimum Gasteiger partial charge on any atom is -0.344 e. The molecule has 92 valence electrons. The Kier molecular flexibility index (Phi) is 3.82. The zero-order valence-electron chi connectivity index (χ0n) is 10.4. The Morgan fingerprint density at radius 2 is 2.19 bits per heavy atom. The highest BCUT2D eigenvalue weighted by atomic mass is 16.2. The van der Waals surface area contributed by atoms with Crippen LogP contribution < -0.4 is 5.32 Å². The maximum Gasteiger partial charge on any atom is 0.239 e. The molecule has 0 aliphatic carbocycles. The number of carbonyl (C=O) groups excluding carboxylic acids is 1. The molecule has 2 atom stereocenters. The number of piperidine rings is 1. The Balaban J connectivity index is 1.91. The molecule has 0 aromatic carbocycles. The predicted octanol–water partition coefficient (Wildman–Crippen LogP) is 0.291. The second-order valence-electron chi connectivity index (χ2n) is 4.96. The van der Waals surface area contributed by atoms with Gasteiger partial charge < -0.3 is 10.2 Å². The van der Waals surface area contributed by atoms with Crippen molar-refractivity contribution >= 4 is 5.91 Å². The van der Waals surface area contributed by atoms with Gasteiger partial charge in [-0.3, -0.25) is 9.69 Å². The summed E-state index contributed by atoms with van der Waals surface area (Å²) in [5, 5.41) is 3.50. The van der Waals surface area contributed by atoms with Crippen LogP contribution in [-0.4, -0.2) is 61.0 Å². The fourth-order valence-electron chi connectivity index (χ4n) is 2.89. The van der Waals surface area contributed by atoms with E-state index in [2.05, 4.69) is 17.1 Å². The molecule has 1 N–H and O–H groups in total. The van der Waals surface area contributed by atoms with Crippen molar-refractivity contribution in [3.63, 3.8) is 0 Å². The van der Waals surface area contributed by atoms with Crippen LogP contribution in [0.15, 0.2) is 0 Å². The Bertz CT molecular complexity index is 255. The van der Waals surface area contributed by atoms with Gasteiger partial charge in [-0.2, -0.15) is 0 Å². The first-order valence-electron chi connectivity index (χ1n) is 6.44. The molecule has 2 unspecified atom stereocenters. The van der Waals surface area contributed by atoms with Crippen molar-refractivity contribution in [1.82, 2.24) is 15.1 Å². The van der Waals surface area contributed by atoms with E-state index in [4.69, 9.17) is 0 Å². The molecule has 4 nitrogen and oxygen atoms in total. The van der Waals surface area contributed by atoms with E-state index in [0.717, 1.165) is 32.6 Å². The molecule has 0 saturated carbocycles. The van der Waals surface area contributed by atoms with E-state index in [9.17, 15) is 4.79 Å². The fourth-order valence-corrected chi connectivity index (χ4v) is 2.89. The molecule has 0 aromatic rings. The van der Waals surface area contributed by atoms with Crippen molar-refractivity contribution in [2.24, 2.45) is 0 Å². The van der Waals surface area contributed by atoms with Crippen LogP contribution in [-0.2, 0) is 4.79 Å². The van der Waals surface area contributed by atoms with Crippen LogP contribution in [0.25, 0.3) is 0 Å². The Morgan fingerprint density at radius 1 is 1.38 bits per heavy atom. The molecule has 2 fully saturated rings. The molecule has 2 saturated heterocycles. The van der Waals surface area contributed by atoms with Gasteiger partial charge in [0, 0.05) is 26.2 Å². The number of rotatable bonds is 3. The summed E-state index contributed by atoms with van der Waals surface area (Å²) in [6.45, 7) is 6.22. The first kappa shape index (κ1) is 11.9. The highest BCUT2D eigenvalue weighted by Gasteiger charge is 2.35. The summed E-state index contributed by atoms with van der Waals surface area (Å²) in [6.07, 6.45) is 3.47. The second-order valence-corrected chi connectivity index (χ2v) is 4.96. The van der Waals surface area contributed by atoms with E-state index >= 15 is 0 Å². The number of amides is 1. The Labute approximate surface area is 98.0 Å². The standard InChI is InChI=1S/C12H23N3O/c1-3-13-10-5-4-7-15(9-10)11-6-8-14(2)12(11)16/h10-11,13H,3-9H2,1-2H3. The number of hydrogen-bond donors (Lipinski definition) is 1. The van der Waals surface area contributed by atoms with Gasteiger partial charge in [0.1, 0.15) is 0 Å². The van der Waals surface area contributed by atoms with Crippen LogP contribution in [0.5, 0.6) is 0 Å². The predicted molar refractivity (Wildman–Crippen MR) is 64.3 cm³/mol. The number of carbonyl (C=O) groups is 1. The molecule has 2 aliphatic rings.